The highest BCUT2D eigenvalue weighted by atomic mass is 35.5. The molecule has 0 saturated carbocycles. The molecule has 1 saturated heterocycles. The molecule has 0 spiro atoms. The van der Waals surface area contributed by atoms with Gasteiger partial charge in [0.15, 0.2) is 5.11 Å². The van der Waals surface area contributed by atoms with Gasteiger partial charge in [0, 0.05) is 22.6 Å². The smallest absolute Gasteiger partial charge is 0.337 e. The number of thiocarbonyl (C=S) groups is 1. The monoisotopic (exact) mass is 518 g/mol. The molecule has 2 atom stereocenters. The van der Waals surface area contributed by atoms with Crippen LogP contribution in [0.1, 0.15) is 45.1 Å². The van der Waals surface area contributed by atoms with Crippen molar-refractivity contribution >= 4 is 40.6 Å². The highest BCUT2D eigenvalue weighted by molar-refractivity contribution is 7.80. The van der Waals surface area contributed by atoms with Crippen LogP contribution in [-0.4, -0.2) is 30.8 Å². The Hall–Kier alpha value is -3.88. The van der Waals surface area contributed by atoms with Crippen LogP contribution in [0.15, 0.2) is 72.9 Å². The van der Waals surface area contributed by atoms with Gasteiger partial charge in [-0.25, -0.2) is 4.79 Å². The first-order valence-corrected chi connectivity index (χ1v) is 12.1. The highest BCUT2D eigenvalue weighted by Gasteiger charge is 2.43. The summed E-state index contributed by atoms with van der Waals surface area (Å²) in [5, 5.41) is 24.8. The van der Waals surface area contributed by atoms with Gasteiger partial charge in [0.2, 0.25) is 0 Å². The number of para-hydroxylation sites is 1. The van der Waals surface area contributed by atoms with Gasteiger partial charge in [0.05, 0.1) is 34.7 Å². The number of carbonyl (C=O) groups is 1. The van der Waals surface area contributed by atoms with Gasteiger partial charge in [-0.2, -0.15) is 0 Å². The van der Waals surface area contributed by atoms with E-state index in [1.54, 1.807) is 36.5 Å². The van der Waals surface area contributed by atoms with E-state index in [-0.39, 0.29) is 17.4 Å². The SMILES string of the molecule is Cc1cc([C@@H]2[C@@H](c3ccccn3)NC(=S)N2c2cc(Cl)ccc2O)c(C)n1-c1ccccc1C(=O)O. The lowest BCUT2D eigenvalue weighted by molar-refractivity contribution is 0.0697. The van der Waals surface area contributed by atoms with Crippen LogP contribution in [0.3, 0.4) is 0 Å². The number of hydrogen-bond donors (Lipinski definition) is 3. The van der Waals surface area contributed by atoms with E-state index in [0.29, 0.717) is 21.5 Å². The van der Waals surface area contributed by atoms with Crippen molar-refractivity contribution in [2.45, 2.75) is 25.9 Å². The standard InChI is InChI=1S/C27H23ClN4O3S/c1-15-13-19(16(2)31(15)21-9-4-3-7-18(21)26(34)35)25-24(20-8-5-6-12-29-20)30-27(36)32(25)22-14-17(28)10-11-23(22)33/h3-14,24-25,33H,1-2H3,(H,30,36)(H,34,35)/t24-,25-/m1/s1. The molecule has 9 heteroatoms. The van der Waals surface area contributed by atoms with Crippen LogP contribution in [0.25, 0.3) is 5.69 Å². The normalized spacial score (nSPS) is 17.3. The molecule has 0 aliphatic carbocycles. The zero-order valence-electron chi connectivity index (χ0n) is 19.5. The second-order valence-electron chi connectivity index (χ2n) is 8.61. The molecule has 0 amide bonds. The molecule has 5 rings (SSSR count). The molecule has 2 aromatic heterocycles. The number of phenolic OH excluding ortho intramolecular Hbond substituents is 1. The van der Waals surface area contributed by atoms with Crippen LogP contribution in [0, 0.1) is 13.8 Å². The van der Waals surface area contributed by atoms with E-state index in [1.807, 2.05) is 53.6 Å². The number of aromatic nitrogens is 2. The second kappa shape index (κ2) is 9.29. The fourth-order valence-electron chi connectivity index (χ4n) is 4.93. The van der Waals surface area contributed by atoms with Crippen LogP contribution < -0.4 is 10.2 Å². The Morgan fingerprint density at radius 1 is 1.06 bits per heavy atom. The lowest BCUT2D eigenvalue weighted by Crippen LogP contribution is -2.29. The first-order valence-electron chi connectivity index (χ1n) is 11.3. The van der Waals surface area contributed by atoms with Gasteiger partial charge in [0.25, 0.3) is 0 Å². The van der Waals surface area contributed by atoms with Crippen molar-refractivity contribution < 1.29 is 15.0 Å². The largest absolute Gasteiger partial charge is 0.506 e. The number of benzene rings is 2. The van der Waals surface area contributed by atoms with Crippen molar-refractivity contribution in [2.75, 3.05) is 4.90 Å². The Morgan fingerprint density at radius 2 is 1.81 bits per heavy atom. The summed E-state index contributed by atoms with van der Waals surface area (Å²) in [4.78, 5) is 18.4. The van der Waals surface area contributed by atoms with Gasteiger partial charge in [-0.15, -0.1) is 0 Å². The number of aromatic carboxylic acids is 1. The van der Waals surface area contributed by atoms with E-state index in [9.17, 15) is 15.0 Å². The molecular formula is C27H23ClN4O3S. The van der Waals surface area contributed by atoms with Crippen molar-refractivity contribution in [3.05, 3.63) is 106 Å². The highest BCUT2D eigenvalue weighted by Crippen LogP contribution is 2.46. The van der Waals surface area contributed by atoms with Gasteiger partial charge < -0.3 is 25.0 Å². The van der Waals surface area contributed by atoms with Crippen LogP contribution in [0.5, 0.6) is 5.75 Å². The number of hydrogen-bond acceptors (Lipinski definition) is 4. The molecule has 4 aromatic rings. The number of carboxylic acid groups (broad SMARTS) is 1. The molecule has 0 radical (unpaired) electrons. The van der Waals surface area contributed by atoms with Gasteiger partial charge in [0.1, 0.15) is 5.75 Å². The average molecular weight is 519 g/mol. The lowest BCUT2D eigenvalue weighted by atomic mass is 9.96. The maximum atomic E-state index is 12.0. The van der Waals surface area contributed by atoms with Crippen LogP contribution in [0.4, 0.5) is 5.69 Å². The summed E-state index contributed by atoms with van der Waals surface area (Å²) in [6.07, 6.45) is 1.73. The zero-order valence-corrected chi connectivity index (χ0v) is 21.1. The maximum absolute atomic E-state index is 12.0. The zero-order chi connectivity index (χ0) is 25.6. The molecule has 0 bridgehead atoms. The van der Waals surface area contributed by atoms with E-state index >= 15 is 0 Å². The van der Waals surface area contributed by atoms with Crippen molar-refractivity contribution in [3.8, 4) is 11.4 Å². The van der Waals surface area contributed by atoms with Gasteiger partial charge in [-0.3, -0.25) is 4.98 Å². The van der Waals surface area contributed by atoms with Crippen molar-refractivity contribution in [1.82, 2.24) is 14.9 Å². The predicted molar refractivity (Wildman–Crippen MR) is 143 cm³/mol. The Balaban J connectivity index is 1.73. The Kier molecular flexibility index (Phi) is 6.15. The van der Waals surface area contributed by atoms with E-state index < -0.39 is 12.0 Å². The lowest BCUT2D eigenvalue weighted by Gasteiger charge is -2.29. The first-order chi connectivity index (χ1) is 17.3. The summed E-state index contributed by atoms with van der Waals surface area (Å²) in [6, 6.07) is 18.7. The summed E-state index contributed by atoms with van der Waals surface area (Å²) < 4.78 is 1.94. The number of carboxylic acids is 1. The number of halogens is 1. The van der Waals surface area contributed by atoms with Crippen molar-refractivity contribution in [3.63, 3.8) is 0 Å². The molecule has 2 aromatic carbocycles. The molecule has 1 fully saturated rings. The minimum absolute atomic E-state index is 0.0419. The van der Waals surface area contributed by atoms with Gasteiger partial charge in [-0.05, 0) is 80.2 Å². The molecule has 0 unspecified atom stereocenters. The van der Waals surface area contributed by atoms with E-state index in [0.717, 1.165) is 22.6 Å². The molecule has 182 valence electrons. The number of aryl methyl sites for hydroxylation is 1. The van der Waals surface area contributed by atoms with Crippen molar-refractivity contribution in [1.29, 1.82) is 0 Å². The number of phenols is 1. The Morgan fingerprint density at radius 3 is 2.53 bits per heavy atom. The fourth-order valence-corrected chi connectivity index (χ4v) is 5.43. The average Bonchev–Trinajstić information content (AvgIpc) is 3.36. The van der Waals surface area contributed by atoms with E-state index in [2.05, 4.69) is 10.3 Å². The third-order valence-electron chi connectivity index (χ3n) is 6.46. The number of pyridine rings is 1. The van der Waals surface area contributed by atoms with E-state index in [4.69, 9.17) is 23.8 Å². The van der Waals surface area contributed by atoms with Gasteiger partial charge >= 0.3 is 5.97 Å². The maximum Gasteiger partial charge on any atom is 0.337 e. The summed E-state index contributed by atoms with van der Waals surface area (Å²) in [6.45, 7) is 3.89. The minimum atomic E-state index is -1.000. The molecule has 1 aliphatic heterocycles. The summed E-state index contributed by atoms with van der Waals surface area (Å²) in [7, 11) is 0. The first kappa shape index (κ1) is 23.8. The predicted octanol–water partition coefficient (Wildman–Crippen LogP) is 5.72. The Bertz CT molecular complexity index is 1490. The third kappa shape index (κ3) is 3.98. The molecule has 36 heavy (non-hydrogen) atoms. The topological polar surface area (TPSA) is 90.6 Å². The summed E-state index contributed by atoms with van der Waals surface area (Å²) in [5.74, 6) is -0.958. The fraction of sp³-hybridized carbons (Fsp3) is 0.148. The minimum Gasteiger partial charge on any atom is -0.506 e. The third-order valence-corrected chi connectivity index (χ3v) is 7.01. The second-order valence-corrected chi connectivity index (χ2v) is 9.44. The van der Waals surface area contributed by atoms with Crippen LogP contribution in [-0.2, 0) is 0 Å². The quantitative estimate of drug-likeness (QED) is 0.291. The molecule has 7 nitrogen and oxygen atoms in total. The van der Waals surface area contributed by atoms with Crippen molar-refractivity contribution in [2.24, 2.45) is 0 Å². The summed E-state index contributed by atoms with van der Waals surface area (Å²) >= 11 is 12.1. The molecular weight excluding hydrogens is 496 g/mol. The number of rotatable bonds is 5. The molecule has 1 aliphatic rings. The number of nitrogens with one attached hydrogen (secondary N) is 1. The number of anilines is 1. The molecule has 3 N–H and O–H groups in total. The Labute approximate surface area is 218 Å². The number of aromatic hydroxyl groups is 1. The van der Waals surface area contributed by atoms with Gasteiger partial charge in [-0.1, -0.05) is 29.8 Å². The number of nitrogens with zero attached hydrogens (tertiary/aromatic N) is 3. The summed E-state index contributed by atoms with van der Waals surface area (Å²) in [5.41, 5.74) is 4.66. The van der Waals surface area contributed by atoms with Crippen LogP contribution >= 0.6 is 23.8 Å². The van der Waals surface area contributed by atoms with E-state index in [1.165, 1.54) is 6.07 Å². The molecule has 3 heterocycles. The van der Waals surface area contributed by atoms with Crippen LogP contribution in [0.2, 0.25) is 5.02 Å².